The Morgan fingerprint density at radius 3 is 2.26 bits per heavy atom. The van der Waals surface area contributed by atoms with Gasteiger partial charge in [0.15, 0.2) is 0 Å². The first-order valence-corrected chi connectivity index (χ1v) is 13.0. The Morgan fingerprint density at radius 2 is 1.65 bits per heavy atom. The van der Waals surface area contributed by atoms with E-state index in [9.17, 15) is 17.6 Å². The highest BCUT2D eigenvalue weighted by atomic mass is 32.2. The van der Waals surface area contributed by atoms with E-state index < -0.39 is 32.7 Å². The lowest BCUT2D eigenvalue weighted by Gasteiger charge is -2.35. The van der Waals surface area contributed by atoms with E-state index in [2.05, 4.69) is 28.8 Å². The summed E-state index contributed by atoms with van der Waals surface area (Å²) in [4.78, 5) is 14.8. The van der Waals surface area contributed by atoms with Crippen molar-refractivity contribution in [1.29, 1.82) is 0 Å². The van der Waals surface area contributed by atoms with Crippen LogP contribution < -0.4 is 10.0 Å². The molecular formula is C25H34FN3O4S. The minimum absolute atomic E-state index is 0.157. The van der Waals surface area contributed by atoms with Crippen LogP contribution in [-0.2, 0) is 32.6 Å². The van der Waals surface area contributed by atoms with Crippen molar-refractivity contribution in [3.63, 3.8) is 0 Å². The Bertz CT molecular complexity index is 1080. The Morgan fingerprint density at radius 1 is 1.06 bits per heavy atom. The molecule has 0 aliphatic carbocycles. The van der Waals surface area contributed by atoms with Crippen molar-refractivity contribution in [2.45, 2.75) is 63.9 Å². The van der Waals surface area contributed by atoms with Crippen LogP contribution in [-0.4, -0.2) is 50.6 Å². The van der Waals surface area contributed by atoms with Gasteiger partial charge in [-0.1, -0.05) is 50.2 Å². The summed E-state index contributed by atoms with van der Waals surface area (Å²) in [7, 11) is -4.21. The molecule has 2 aromatic carbocycles. The molecule has 0 radical (unpaired) electrons. The van der Waals surface area contributed by atoms with Gasteiger partial charge in [0.2, 0.25) is 15.9 Å². The summed E-state index contributed by atoms with van der Waals surface area (Å²) < 4.78 is 47.7. The Hall–Kier alpha value is -2.33. The van der Waals surface area contributed by atoms with Crippen molar-refractivity contribution in [2.24, 2.45) is 5.92 Å². The van der Waals surface area contributed by atoms with Gasteiger partial charge in [0, 0.05) is 26.2 Å². The zero-order chi connectivity index (χ0) is 24.9. The second-order valence-electron chi connectivity index (χ2n) is 9.21. The number of morpholine rings is 1. The first kappa shape index (κ1) is 26.3. The molecule has 1 fully saturated rings. The summed E-state index contributed by atoms with van der Waals surface area (Å²) >= 11 is 0. The molecule has 2 N–H and O–H groups in total. The van der Waals surface area contributed by atoms with E-state index in [1.807, 2.05) is 24.3 Å². The van der Waals surface area contributed by atoms with Crippen LogP contribution in [0.1, 0.15) is 38.8 Å². The van der Waals surface area contributed by atoms with Crippen LogP contribution in [0.2, 0.25) is 0 Å². The van der Waals surface area contributed by atoms with Crippen molar-refractivity contribution in [3.8, 4) is 0 Å². The van der Waals surface area contributed by atoms with Crippen molar-refractivity contribution in [2.75, 3.05) is 13.1 Å². The first-order chi connectivity index (χ1) is 16.1. The van der Waals surface area contributed by atoms with Gasteiger partial charge in [-0.3, -0.25) is 9.69 Å². The van der Waals surface area contributed by atoms with E-state index in [1.165, 1.54) is 18.2 Å². The highest BCUT2D eigenvalue weighted by Crippen LogP contribution is 2.18. The minimum atomic E-state index is -4.21. The average molecular weight is 492 g/mol. The molecule has 1 amide bonds. The molecule has 1 aliphatic heterocycles. The molecule has 1 heterocycles. The quantitative estimate of drug-likeness (QED) is 0.563. The molecule has 0 saturated carbocycles. The largest absolute Gasteiger partial charge is 0.373 e. The first-order valence-electron chi connectivity index (χ1n) is 11.6. The van der Waals surface area contributed by atoms with Crippen LogP contribution >= 0.6 is 0 Å². The van der Waals surface area contributed by atoms with E-state index in [0.29, 0.717) is 0 Å². The van der Waals surface area contributed by atoms with E-state index in [0.717, 1.165) is 36.8 Å². The highest BCUT2D eigenvalue weighted by Gasteiger charge is 2.30. The Balaban J connectivity index is 1.68. The number of amides is 1. The predicted molar refractivity (Wildman–Crippen MR) is 129 cm³/mol. The number of nitrogens with zero attached hydrogens (tertiary/aromatic N) is 1. The van der Waals surface area contributed by atoms with Gasteiger partial charge in [-0.25, -0.2) is 12.8 Å². The van der Waals surface area contributed by atoms with E-state index >= 15 is 0 Å². The topological polar surface area (TPSA) is 87.7 Å². The third kappa shape index (κ3) is 6.85. The Labute approximate surface area is 201 Å². The molecule has 1 aliphatic rings. The molecule has 1 saturated heterocycles. The predicted octanol–water partition coefficient (Wildman–Crippen LogP) is 3.05. The maximum atomic E-state index is 14.1. The molecule has 2 aromatic rings. The van der Waals surface area contributed by atoms with Crippen LogP contribution in [0.25, 0.3) is 0 Å². The molecule has 3 rings (SSSR count). The fraction of sp³-hybridized carbons (Fsp3) is 0.480. The monoisotopic (exact) mass is 491 g/mol. The molecule has 3 atom stereocenters. The number of rotatable bonds is 9. The van der Waals surface area contributed by atoms with Crippen LogP contribution in [0.5, 0.6) is 0 Å². The molecule has 0 spiro atoms. The number of ether oxygens (including phenoxy) is 1. The number of sulfonamides is 1. The van der Waals surface area contributed by atoms with Crippen LogP contribution in [0.15, 0.2) is 53.4 Å². The molecular weight excluding hydrogens is 457 g/mol. The number of carbonyl (C=O) groups is 1. The van der Waals surface area contributed by atoms with E-state index in [-0.39, 0.29) is 24.7 Å². The number of benzene rings is 2. The maximum Gasteiger partial charge on any atom is 0.244 e. The third-order valence-corrected chi connectivity index (χ3v) is 7.29. The lowest BCUT2D eigenvalue weighted by molar-refractivity contribution is -0.123. The molecule has 2 unspecified atom stereocenters. The number of nitrogens with one attached hydrogen (secondary N) is 2. The van der Waals surface area contributed by atoms with E-state index in [1.54, 1.807) is 13.8 Å². The SMILES string of the molecule is CC1CN(Cc2ccccc2CNC(=O)[C@@H](NS(=O)(=O)c2ccccc2F)C(C)C)CC(C)O1. The second-order valence-corrected chi connectivity index (χ2v) is 10.9. The number of hydrogen-bond donors (Lipinski definition) is 2. The fourth-order valence-corrected chi connectivity index (χ4v) is 5.64. The van der Waals surface area contributed by atoms with Gasteiger partial charge in [0.25, 0.3) is 0 Å². The number of carbonyl (C=O) groups excluding carboxylic acids is 1. The van der Waals surface area contributed by atoms with Gasteiger partial charge in [-0.2, -0.15) is 4.72 Å². The van der Waals surface area contributed by atoms with Gasteiger partial charge in [-0.05, 0) is 43.0 Å². The minimum Gasteiger partial charge on any atom is -0.373 e. The molecule has 34 heavy (non-hydrogen) atoms. The average Bonchev–Trinajstić information content (AvgIpc) is 2.76. The van der Waals surface area contributed by atoms with Gasteiger partial charge < -0.3 is 10.1 Å². The molecule has 0 aromatic heterocycles. The van der Waals surface area contributed by atoms with Gasteiger partial charge >= 0.3 is 0 Å². The summed E-state index contributed by atoms with van der Waals surface area (Å²) in [6, 6.07) is 11.9. The second kappa shape index (κ2) is 11.4. The molecule has 9 heteroatoms. The molecule has 0 bridgehead atoms. The Kier molecular flexibility index (Phi) is 8.81. The van der Waals surface area contributed by atoms with Crippen molar-refractivity contribution in [3.05, 3.63) is 65.5 Å². The molecule has 7 nitrogen and oxygen atoms in total. The fourth-order valence-electron chi connectivity index (χ4n) is 4.22. The van der Waals surface area contributed by atoms with Gasteiger partial charge in [0.05, 0.1) is 12.2 Å². The smallest absolute Gasteiger partial charge is 0.244 e. The van der Waals surface area contributed by atoms with Gasteiger partial charge in [-0.15, -0.1) is 0 Å². The van der Waals surface area contributed by atoms with Crippen molar-refractivity contribution >= 4 is 15.9 Å². The lowest BCUT2D eigenvalue weighted by Crippen LogP contribution is -2.49. The normalized spacial score (nSPS) is 20.3. The summed E-state index contributed by atoms with van der Waals surface area (Å²) in [5.74, 6) is -1.66. The zero-order valence-electron chi connectivity index (χ0n) is 20.1. The van der Waals surface area contributed by atoms with Crippen LogP contribution in [0.3, 0.4) is 0 Å². The van der Waals surface area contributed by atoms with Crippen molar-refractivity contribution < 1.29 is 22.3 Å². The maximum absolute atomic E-state index is 14.1. The van der Waals surface area contributed by atoms with Gasteiger partial charge in [0.1, 0.15) is 16.8 Å². The highest BCUT2D eigenvalue weighted by molar-refractivity contribution is 7.89. The third-order valence-electron chi connectivity index (χ3n) is 5.82. The summed E-state index contributed by atoms with van der Waals surface area (Å²) in [6.45, 7) is 10.3. The number of hydrogen-bond acceptors (Lipinski definition) is 5. The summed E-state index contributed by atoms with van der Waals surface area (Å²) in [5, 5.41) is 2.86. The molecule has 186 valence electrons. The zero-order valence-corrected chi connectivity index (χ0v) is 20.9. The summed E-state index contributed by atoms with van der Waals surface area (Å²) in [5.41, 5.74) is 2.05. The number of halogens is 1. The lowest BCUT2D eigenvalue weighted by atomic mass is 10.0. The van der Waals surface area contributed by atoms with E-state index in [4.69, 9.17) is 4.74 Å². The standard InChI is InChI=1S/C25H34FN3O4S/c1-17(2)24(28-34(31,32)23-12-8-7-11-22(23)26)25(30)27-13-20-9-5-6-10-21(20)16-29-14-18(3)33-19(4)15-29/h5-12,17-19,24,28H,13-16H2,1-4H3,(H,27,30)/t18?,19?,24-/m0/s1. The van der Waals surface area contributed by atoms with Crippen LogP contribution in [0, 0.1) is 11.7 Å². The van der Waals surface area contributed by atoms with Crippen LogP contribution in [0.4, 0.5) is 4.39 Å². The summed E-state index contributed by atoms with van der Waals surface area (Å²) in [6.07, 6.45) is 0.315. The van der Waals surface area contributed by atoms with Crippen molar-refractivity contribution in [1.82, 2.24) is 14.9 Å².